The zero-order valence-electron chi connectivity index (χ0n) is 17.3. The van der Waals surface area contributed by atoms with E-state index in [1.165, 1.54) is 12.0 Å². The Labute approximate surface area is 168 Å². The van der Waals surface area contributed by atoms with Crippen molar-refractivity contribution in [3.05, 3.63) is 71.3 Å². The van der Waals surface area contributed by atoms with E-state index in [1.807, 2.05) is 44.4 Å². The highest BCUT2D eigenvalue weighted by atomic mass is 16.3. The number of hydrogen-bond donors (Lipinski definition) is 1. The van der Waals surface area contributed by atoms with E-state index >= 15 is 0 Å². The van der Waals surface area contributed by atoms with Crippen molar-refractivity contribution in [1.29, 1.82) is 0 Å². The van der Waals surface area contributed by atoms with Crippen molar-refractivity contribution in [2.45, 2.75) is 44.2 Å². The molecule has 28 heavy (non-hydrogen) atoms. The van der Waals surface area contributed by atoms with Crippen molar-refractivity contribution in [3.63, 3.8) is 0 Å². The zero-order valence-corrected chi connectivity index (χ0v) is 17.3. The van der Waals surface area contributed by atoms with Crippen molar-refractivity contribution in [1.82, 2.24) is 9.80 Å². The maximum Gasteiger partial charge on any atom is 0.253 e. The molecule has 1 N–H and O–H groups in total. The van der Waals surface area contributed by atoms with Crippen molar-refractivity contribution in [2.75, 3.05) is 27.2 Å². The van der Waals surface area contributed by atoms with Crippen LogP contribution in [0.1, 0.15) is 47.7 Å². The van der Waals surface area contributed by atoms with E-state index in [2.05, 4.69) is 36.1 Å². The van der Waals surface area contributed by atoms with Gasteiger partial charge in [-0.15, -0.1) is 0 Å². The minimum absolute atomic E-state index is 0.00140. The number of likely N-dealkylation sites (tertiary alicyclic amines) is 1. The molecule has 0 aliphatic carbocycles. The number of rotatable bonds is 6. The summed E-state index contributed by atoms with van der Waals surface area (Å²) in [5, 5.41) is 11.1. The van der Waals surface area contributed by atoms with E-state index in [-0.39, 0.29) is 5.91 Å². The Balaban J connectivity index is 1.74. The van der Waals surface area contributed by atoms with Gasteiger partial charge in [-0.1, -0.05) is 55.8 Å². The van der Waals surface area contributed by atoms with Gasteiger partial charge in [0.05, 0.1) is 11.6 Å². The summed E-state index contributed by atoms with van der Waals surface area (Å²) in [6.45, 7) is 3.15. The van der Waals surface area contributed by atoms with Crippen LogP contribution in [0.3, 0.4) is 0 Å². The van der Waals surface area contributed by atoms with Gasteiger partial charge in [0.1, 0.15) is 0 Å². The molecule has 0 spiro atoms. The van der Waals surface area contributed by atoms with E-state index in [1.54, 1.807) is 4.90 Å². The highest BCUT2D eigenvalue weighted by Gasteiger charge is 2.46. The van der Waals surface area contributed by atoms with Crippen LogP contribution in [-0.4, -0.2) is 54.1 Å². The second-order valence-electron chi connectivity index (χ2n) is 8.00. The fourth-order valence-corrected chi connectivity index (χ4v) is 4.33. The smallest absolute Gasteiger partial charge is 0.253 e. The lowest BCUT2D eigenvalue weighted by atomic mass is 9.77. The quantitative estimate of drug-likeness (QED) is 0.831. The van der Waals surface area contributed by atoms with Crippen LogP contribution in [0.15, 0.2) is 54.6 Å². The molecule has 0 radical (unpaired) electrons. The molecule has 1 saturated heterocycles. The van der Waals surface area contributed by atoms with E-state index < -0.39 is 11.6 Å². The highest BCUT2D eigenvalue weighted by molar-refractivity contribution is 5.94. The fourth-order valence-electron chi connectivity index (χ4n) is 4.33. The predicted molar refractivity (Wildman–Crippen MR) is 113 cm³/mol. The van der Waals surface area contributed by atoms with Gasteiger partial charge in [0, 0.05) is 18.7 Å². The minimum atomic E-state index is -0.647. The number of carbonyl (C=O) groups excluding carboxylic acids is 1. The topological polar surface area (TPSA) is 43.8 Å². The maximum atomic E-state index is 13.0. The molecule has 0 aromatic heterocycles. The molecule has 4 heteroatoms. The standard InChI is InChI=1S/C24H32N2O2/c1-4-5-9-19-12-14-20(15-13-19)23(28)26-17-16-24(25(2)3,22(27)18-26)21-10-7-6-8-11-21/h6-8,10-15,22,27H,4-5,9,16-18H2,1-3H3/t22-,24+/m1/s1. The van der Waals surface area contributed by atoms with Crippen molar-refractivity contribution < 1.29 is 9.90 Å². The van der Waals surface area contributed by atoms with Crippen molar-refractivity contribution in [3.8, 4) is 0 Å². The number of aliphatic hydroxyl groups excluding tert-OH is 1. The summed E-state index contributed by atoms with van der Waals surface area (Å²) < 4.78 is 0. The molecular formula is C24H32N2O2. The Kier molecular flexibility index (Phi) is 6.53. The lowest BCUT2D eigenvalue weighted by Gasteiger charge is -2.49. The lowest BCUT2D eigenvalue weighted by Crippen LogP contribution is -2.60. The Hall–Kier alpha value is -2.17. The van der Waals surface area contributed by atoms with Gasteiger partial charge in [-0.2, -0.15) is 0 Å². The van der Waals surface area contributed by atoms with Crippen LogP contribution in [-0.2, 0) is 12.0 Å². The molecule has 0 saturated carbocycles. The molecule has 1 aliphatic heterocycles. The van der Waals surface area contributed by atoms with Crippen LogP contribution in [0.5, 0.6) is 0 Å². The van der Waals surface area contributed by atoms with Crippen LogP contribution in [0.4, 0.5) is 0 Å². The molecule has 0 bridgehead atoms. The third kappa shape index (κ3) is 3.98. The van der Waals surface area contributed by atoms with Crippen molar-refractivity contribution >= 4 is 5.91 Å². The molecule has 1 aliphatic rings. The molecule has 2 aromatic rings. The third-order valence-electron chi connectivity index (χ3n) is 6.09. The molecule has 4 nitrogen and oxygen atoms in total. The van der Waals surface area contributed by atoms with E-state index in [9.17, 15) is 9.90 Å². The van der Waals surface area contributed by atoms with Crippen LogP contribution in [0.25, 0.3) is 0 Å². The Morgan fingerprint density at radius 1 is 1.14 bits per heavy atom. The molecule has 2 atom stereocenters. The van der Waals surface area contributed by atoms with Gasteiger partial charge < -0.3 is 10.0 Å². The Morgan fingerprint density at radius 2 is 1.82 bits per heavy atom. The molecule has 1 fully saturated rings. The Morgan fingerprint density at radius 3 is 2.39 bits per heavy atom. The first-order valence-corrected chi connectivity index (χ1v) is 10.3. The molecular weight excluding hydrogens is 348 g/mol. The number of carbonyl (C=O) groups is 1. The monoisotopic (exact) mass is 380 g/mol. The molecule has 1 heterocycles. The first-order chi connectivity index (χ1) is 13.5. The first-order valence-electron chi connectivity index (χ1n) is 10.3. The number of nitrogens with zero attached hydrogens (tertiary/aromatic N) is 2. The summed E-state index contributed by atoms with van der Waals surface area (Å²) in [6.07, 6.45) is 3.44. The summed E-state index contributed by atoms with van der Waals surface area (Å²) in [4.78, 5) is 16.9. The van der Waals surface area contributed by atoms with Gasteiger partial charge in [0.25, 0.3) is 5.91 Å². The molecule has 1 amide bonds. The first kappa shape index (κ1) is 20.6. The minimum Gasteiger partial charge on any atom is -0.389 e. The van der Waals surface area contributed by atoms with Gasteiger partial charge in [-0.05, 0) is 56.6 Å². The second kappa shape index (κ2) is 8.89. The molecule has 150 valence electrons. The third-order valence-corrected chi connectivity index (χ3v) is 6.09. The van der Waals surface area contributed by atoms with E-state index in [4.69, 9.17) is 0 Å². The van der Waals surface area contributed by atoms with E-state index in [0.29, 0.717) is 25.1 Å². The average Bonchev–Trinajstić information content (AvgIpc) is 2.72. The van der Waals surface area contributed by atoms with Gasteiger partial charge in [-0.25, -0.2) is 0 Å². The summed E-state index contributed by atoms with van der Waals surface area (Å²) in [7, 11) is 4.01. The summed E-state index contributed by atoms with van der Waals surface area (Å²) in [5.41, 5.74) is 2.60. The van der Waals surface area contributed by atoms with Crippen LogP contribution in [0, 0.1) is 0 Å². The number of likely N-dealkylation sites (N-methyl/N-ethyl adjacent to an activating group) is 1. The van der Waals surface area contributed by atoms with Crippen LogP contribution >= 0.6 is 0 Å². The van der Waals surface area contributed by atoms with Gasteiger partial charge in [0.2, 0.25) is 0 Å². The molecule has 0 unspecified atom stereocenters. The summed E-state index contributed by atoms with van der Waals surface area (Å²) >= 11 is 0. The summed E-state index contributed by atoms with van der Waals surface area (Å²) in [6, 6.07) is 18.1. The number of piperidine rings is 1. The largest absolute Gasteiger partial charge is 0.389 e. The number of benzene rings is 2. The second-order valence-corrected chi connectivity index (χ2v) is 8.00. The summed E-state index contributed by atoms with van der Waals surface area (Å²) in [5.74, 6) is 0.00140. The average molecular weight is 381 g/mol. The molecule has 2 aromatic carbocycles. The maximum absolute atomic E-state index is 13.0. The number of amides is 1. The zero-order chi connectivity index (χ0) is 20.1. The Bertz CT molecular complexity index is 773. The molecule has 3 rings (SSSR count). The fraction of sp³-hybridized carbons (Fsp3) is 0.458. The van der Waals surface area contributed by atoms with Gasteiger partial charge in [0.15, 0.2) is 0 Å². The lowest BCUT2D eigenvalue weighted by molar-refractivity contribution is -0.0612. The predicted octanol–water partition coefficient (Wildman–Crippen LogP) is 3.69. The highest BCUT2D eigenvalue weighted by Crippen LogP contribution is 2.37. The van der Waals surface area contributed by atoms with Crippen molar-refractivity contribution in [2.24, 2.45) is 0 Å². The van der Waals surface area contributed by atoms with E-state index in [0.717, 1.165) is 18.4 Å². The van der Waals surface area contributed by atoms with Crippen LogP contribution in [0.2, 0.25) is 0 Å². The van der Waals surface area contributed by atoms with Crippen LogP contribution < -0.4 is 0 Å². The number of β-amino-alcohol motifs (C(OH)–C–C–N with tert-alkyl or cyclic N) is 1. The number of hydrogen-bond acceptors (Lipinski definition) is 3. The number of unbranched alkanes of at least 4 members (excludes halogenated alkanes) is 1. The normalized spacial score (nSPS) is 22.5. The number of aliphatic hydroxyl groups is 1. The number of aryl methyl sites for hydroxylation is 1. The van der Waals surface area contributed by atoms with Gasteiger partial charge >= 0.3 is 0 Å². The SMILES string of the molecule is CCCCc1ccc(C(=O)N2CC[C@@](c3ccccc3)(N(C)C)[C@H](O)C2)cc1. The van der Waals surface area contributed by atoms with Gasteiger partial charge in [-0.3, -0.25) is 9.69 Å².